The molecular formula is C24H49NO2. The average Bonchev–Trinajstić information content (AvgIpc) is 2.63. The van der Waals surface area contributed by atoms with Gasteiger partial charge in [0.05, 0.1) is 0 Å². The number of carbonyl (C=O) groups excluding carboxylic acids is 1. The Kier molecular flexibility index (Phi) is 19.7. The maximum atomic E-state index is 12.2. The molecule has 1 atom stereocenters. The van der Waals surface area contributed by atoms with Crippen molar-refractivity contribution in [2.24, 2.45) is 0 Å². The number of hydrogen-bond acceptors (Lipinski definition) is 3. The van der Waals surface area contributed by atoms with Crippen molar-refractivity contribution in [3.63, 3.8) is 0 Å². The Labute approximate surface area is 170 Å². The van der Waals surface area contributed by atoms with Gasteiger partial charge < -0.3 is 9.64 Å². The first-order valence-corrected chi connectivity index (χ1v) is 11.9. The van der Waals surface area contributed by atoms with Crippen LogP contribution in [0.4, 0.5) is 0 Å². The number of hydrogen-bond donors (Lipinski definition) is 0. The SMILES string of the molecule is CCCCCCCCCC(CCCCCCCC)OC(=O)CCCN(C)C. The fourth-order valence-corrected chi connectivity index (χ4v) is 3.53. The smallest absolute Gasteiger partial charge is 0.306 e. The zero-order chi connectivity index (χ0) is 20.2. The van der Waals surface area contributed by atoms with Gasteiger partial charge in [0.25, 0.3) is 0 Å². The van der Waals surface area contributed by atoms with Gasteiger partial charge in [-0.1, -0.05) is 84.5 Å². The third kappa shape index (κ3) is 20.0. The lowest BCUT2D eigenvalue weighted by Gasteiger charge is -2.18. The normalized spacial score (nSPS) is 12.5. The highest BCUT2D eigenvalue weighted by Crippen LogP contribution is 2.17. The van der Waals surface area contributed by atoms with Gasteiger partial charge in [0.2, 0.25) is 0 Å². The number of ether oxygens (including phenoxy) is 1. The quantitative estimate of drug-likeness (QED) is 0.165. The van der Waals surface area contributed by atoms with Crippen LogP contribution < -0.4 is 0 Å². The van der Waals surface area contributed by atoms with Crippen molar-refractivity contribution in [3.05, 3.63) is 0 Å². The molecule has 0 aromatic heterocycles. The molecule has 0 aromatic rings. The van der Waals surface area contributed by atoms with E-state index in [4.69, 9.17) is 4.74 Å². The molecule has 0 heterocycles. The molecular weight excluding hydrogens is 334 g/mol. The van der Waals surface area contributed by atoms with Crippen LogP contribution in [0.25, 0.3) is 0 Å². The Bertz CT molecular complexity index is 318. The Morgan fingerprint density at radius 3 is 1.59 bits per heavy atom. The van der Waals surface area contributed by atoms with Gasteiger partial charge in [-0.2, -0.15) is 0 Å². The minimum absolute atomic E-state index is 0.00998. The molecule has 0 spiro atoms. The summed E-state index contributed by atoms with van der Waals surface area (Å²) in [5.74, 6) is 0.00998. The van der Waals surface area contributed by atoms with Crippen molar-refractivity contribution in [1.82, 2.24) is 4.90 Å². The Morgan fingerprint density at radius 2 is 1.15 bits per heavy atom. The Hall–Kier alpha value is -0.570. The van der Waals surface area contributed by atoms with Gasteiger partial charge >= 0.3 is 5.97 Å². The molecule has 0 aliphatic heterocycles. The van der Waals surface area contributed by atoms with Gasteiger partial charge in [-0.05, 0) is 52.7 Å². The lowest BCUT2D eigenvalue weighted by molar-refractivity contribution is -0.150. The molecule has 0 aliphatic rings. The van der Waals surface area contributed by atoms with Crippen molar-refractivity contribution in [2.75, 3.05) is 20.6 Å². The van der Waals surface area contributed by atoms with Gasteiger partial charge in [0.15, 0.2) is 0 Å². The molecule has 0 radical (unpaired) electrons. The second-order valence-corrected chi connectivity index (χ2v) is 8.49. The molecule has 27 heavy (non-hydrogen) atoms. The molecule has 0 aliphatic carbocycles. The van der Waals surface area contributed by atoms with Crippen LogP contribution in [0.15, 0.2) is 0 Å². The molecule has 0 rings (SSSR count). The summed E-state index contributed by atoms with van der Waals surface area (Å²) in [6.45, 7) is 5.47. The largest absolute Gasteiger partial charge is 0.462 e. The number of carbonyl (C=O) groups is 1. The molecule has 0 N–H and O–H groups in total. The minimum Gasteiger partial charge on any atom is -0.462 e. The summed E-state index contributed by atoms with van der Waals surface area (Å²) in [6, 6.07) is 0. The van der Waals surface area contributed by atoms with E-state index in [-0.39, 0.29) is 12.1 Å². The zero-order valence-electron chi connectivity index (χ0n) is 19.1. The van der Waals surface area contributed by atoms with Crippen LogP contribution >= 0.6 is 0 Å². The van der Waals surface area contributed by atoms with E-state index in [0.717, 1.165) is 25.8 Å². The molecule has 0 amide bonds. The monoisotopic (exact) mass is 383 g/mol. The summed E-state index contributed by atoms with van der Waals surface area (Å²) >= 11 is 0. The first-order valence-electron chi connectivity index (χ1n) is 11.9. The van der Waals surface area contributed by atoms with E-state index in [2.05, 4.69) is 18.7 Å². The second kappa shape index (κ2) is 20.2. The lowest BCUT2D eigenvalue weighted by atomic mass is 10.0. The van der Waals surface area contributed by atoms with E-state index in [1.54, 1.807) is 0 Å². The summed E-state index contributed by atoms with van der Waals surface area (Å²) in [5.41, 5.74) is 0. The van der Waals surface area contributed by atoms with Gasteiger partial charge in [-0.15, -0.1) is 0 Å². The van der Waals surface area contributed by atoms with Gasteiger partial charge in [-0.25, -0.2) is 0 Å². The first kappa shape index (κ1) is 26.4. The van der Waals surface area contributed by atoms with E-state index >= 15 is 0 Å². The van der Waals surface area contributed by atoms with Crippen molar-refractivity contribution < 1.29 is 9.53 Å². The Balaban J connectivity index is 4.02. The van der Waals surface area contributed by atoms with Crippen molar-refractivity contribution in [2.45, 2.75) is 129 Å². The average molecular weight is 384 g/mol. The van der Waals surface area contributed by atoms with Crippen LogP contribution in [0.1, 0.15) is 123 Å². The Morgan fingerprint density at radius 1 is 0.704 bits per heavy atom. The van der Waals surface area contributed by atoms with E-state index in [0.29, 0.717) is 6.42 Å². The molecule has 0 fully saturated rings. The fraction of sp³-hybridized carbons (Fsp3) is 0.958. The number of esters is 1. The van der Waals surface area contributed by atoms with Crippen LogP contribution in [-0.4, -0.2) is 37.6 Å². The maximum absolute atomic E-state index is 12.2. The molecule has 0 saturated heterocycles. The first-order chi connectivity index (χ1) is 13.1. The van der Waals surface area contributed by atoms with Crippen LogP contribution in [0.2, 0.25) is 0 Å². The lowest BCUT2D eigenvalue weighted by Crippen LogP contribution is -2.20. The van der Waals surface area contributed by atoms with Gasteiger partial charge in [0, 0.05) is 6.42 Å². The number of rotatable bonds is 20. The molecule has 3 heteroatoms. The van der Waals surface area contributed by atoms with Crippen molar-refractivity contribution in [3.8, 4) is 0 Å². The third-order valence-corrected chi connectivity index (χ3v) is 5.29. The zero-order valence-corrected chi connectivity index (χ0v) is 19.1. The highest BCUT2D eigenvalue weighted by molar-refractivity contribution is 5.69. The van der Waals surface area contributed by atoms with Gasteiger partial charge in [0.1, 0.15) is 6.10 Å². The van der Waals surface area contributed by atoms with Crippen LogP contribution in [0, 0.1) is 0 Å². The molecule has 0 bridgehead atoms. The van der Waals surface area contributed by atoms with Crippen LogP contribution in [0.5, 0.6) is 0 Å². The van der Waals surface area contributed by atoms with E-state index in [1.165, 1.54) is 83.5 Å². The van der Waals surface area contributed by atoms with Crippen LogP contribution in [-0.2, 0) is 9.53 Å². The van der Waals surface area contributed by atoms with E-state index < -0.39 is 0 Å². The van der Waals surface area contributed by atoms with Gasteiger partial charge in [-0.3, -0.25) is 4.79 Å². The summed E-state index contributed by atoms with van der Waals surface area (Å²) in [7, 11) is 4.10. The topological polar surface area (TPSA) is 29.5 Å². The predicted molar refractivity (Wildman–Crippen MR) is 118 cm³/mol. The standard InChI is InChI=1S/C24H49NO2/c1-5-7-9-11-13-15-17-20-23(19-16-14-12-10-8-6-2)27-24(26)21-18-22-25(3)4/h23H,5-22H2,1-4H3. The summed E-state index contributed by atoms with van der Waals surface area (Å²) < 4.78 is 5.85. The fourth-order valence-electron chi connectivity index (χ4n) is 3.53. The minimum atomic E-state index is 0.00998. The van der Waals surface area contributed by atoms with Crippen molar-refractivity contribution in [1.29, 1.82) is 0 Å². The molecule has 3 nitrogen and oxygen atoms in total. The molecule has 162 valence electrons. The van der Waals surface area contributed by atoms with E-state index in [1.807, 2.05) is 14.1 Å². The van der Waals surface area contributed by atoms with Crippen LogP contribution in [0.3, 0.4) is 0 Å². The highest BCUT2D eigenvalue weighted by Gasteiger charge is 2.14. The summed E-state index contributed by atoms with van der Waals surface area (Å²) in [4.78, 5) is 14.3. The molecule has 0 aromatic carbocycles. The highest BCUT2D eigenvalue weighted by atomic mass is 16.5. The predicted octanol–water partition coefficient (Wildman–Crippen LogP) is 7.13. The molecule has 1 unspecified atom stereocenters. The maximum Gasteiger partial charge on any atom is 0.306 e. The summed E-state index contributed by atoms with van der Waals surface area (Å²) in [5, 5.41) is 0. The third-order valence-electron chi connectivity index (χ3n) is 5.29. The number of unbranched alkanes of at least 4 members (excludes halogenated alkanes) is 11. The summed E-state index contributed by atoms with van der Waals surface area (Å²) in [6.07, 6.45) is 20.8. The number of nitrogens with zero attached hydrogens (tertiary/aromatic N) is 1. The van der Waals surface area contributed by atoms with Crippen molar-refractivity contribution >= 4 is 5.97 Å². The molecule has 0 saturated carbocycles. The second-order valence-electron chi connectivity index (χ2n) is 8.49. The van der Waals surface area contributed by atoms with E-state index in [9.17, 15) is 4.79 Å².